The van der Waals surface area contributed by atoms with Gasteiger partial charge in [-0.3, -0.25) is 13.9 Å². The first-order chi connectivity index (χ1) is 18.2. The lowest BCUT2D eigenvalue weighted by molar-refractivity contribution is -0.140. The number of carbonyl (C=O) groups is 2. The molecule has 7 nitrogen and oxygen atoms in total. The maximum atomic E-state index is 14.0. The summed E-state index contributed by atoms with van der Waals surface area (Å²) in [7, 11) is -3.79. The average Bonchev–Trinajstić information content (AvgIpc) is 2.92. The number of anilines is 1. The van der Waals surface area contributed by atoms with Crippen molar-refractivity contribution in [2.24, 2.45) is 0 Å². The van der Waals surface area contributed by atoms with Crippen LogP contribution in [0.2, 0.25) is 0 Å². The summed E-state index contributed by atoms with van der Waals surface area (Å²) >= 11 is 0. The number of amides is 2. The van der Waals surface area contributed by atoms with Crippen LogP contribution in [-0.4, -0.2) is 50.5 Å². The van der Waals surface area contributed by atoms with E-state index in [1.54, 1.807) is 12.1 Å². The fraction of sp³-hybridized carbons (Fsp3) is 0.333. The zero-order chi connectivity index (χ0) is 27.5. The van der Waals surface area contributed by atoms with E-state index in [2.05, 4.69) is 5.32 Å². The number of hydrogen-bond acceptors (Lipinski definition) is 4. The highest BCUT2D eigenvalue weighted by Crippen LogP contribution is 2.24. The molecule has 202 valence electrons. The number of hydrogen-bond donors (Lipinski definition) is 1. The predicted molar refractivity (Wildman–Crippen MR) is 152 cm³/mol. The molecule has 1 N–H and O–H groups in total. The number of benzene rings is 3. The zero-order valence-corrected chi connectivity index (χ0v) is 23.2. The van der Waals surface area contributed by atoms with E-state index in [-0.39, 0.29) is 12.5 Å². The Balaban J connectivity index is 2.04. The maximum Gasteiger partial charge on any atom is 0.244 e. The van der Waals surface area contributed by atoms with Gasteiger partial charge in [-0.2, -0.15) is 0 Å². The Morgan fingerprint density at radius 1 is 0.842 bits per heavy atom. The van der Waals surface area contributed by atoms with Gasteiger partial charge < -0.3 is 10.2 Å². The SMILES string of the molecule is CCCNC(=O)C(Cc1ccccc1)N(Cc1ccccc1)C(=O)CN(c1ccccc1CC)S(C)(=O)=O. The van der Waals surface area contributed by atoms with E-state index < -0.39 is 28.5 Å². The van der Waals surface area contributed by atoms with E-state index in [4.69, 9.17) is 0 Å². The molecule has 0 aliphatic heterocycles. The Hall–Kier alpha value is -3.65. The van der Waals surface area contributed by atoms with Crippen molar-refractivity contribution in [2.75, 3.05) is 23.7 Å². The van der Waals surface area contributed by atoms with Crippen LogP contribution in [0.5, 0.6) is 0 Å². The number of para-hydroxylation sites is 1. The molecular weight excluding hydrogens is 498 g/mol. The van der Waals surface area contributed by atoms with E-state index in [0.717, 1.165) is 33.7 Å². The summed E-state index contributed by atoms with van der Waals surface area (Å²) < 4.78 is 27.0. The first kappa shape index (κ1) is 28.9. The van der Waals surface area contributed by atoms with Crippen molar-refractivity contribution in [1.29, 1.82) is 0 Å². The van der Waals surface area contributed by atoms with E-state index in [9.17, 15) is 18.0 Å². The number of nitrogens with zero attached hydrogens (tertiary/aromatic N) is 2. The van der Waals surface area contributed by atoms with Crippen molar-refractivity contribution in [1.82, 2.24) is 10.2 Å². The van der Waals surface area contributed by atoms with Gasteiger partial charge in [-0.05, 0) is 35.6 Å². The van der Waals surface area contributed by atoms with Crippen LogP contribution in [-0.2, 0) is 39.0 Å². The second kappa shape index (κ2) is 13.8. The van der Waals surface area contributed by atoms with Crippen molar-refractivity contribution in [3.8, 4) is 0 Å². The molecule has 0 aliphatic carbocycles. The molecule has 3 aromatic rings. The van der Waals surface area contributed by atoms with E-state index >= 15 is 0 Å². The van der Waals surface area contributed by atoms with Crippen LogP contribution in [0.3, 0.4) is 0 Å². The summed E-state index contributed by atoms with van der Waals surface area (Å²) in [6.45, 7) is 4.15. The van der Waals surface area contributed by atoms with Crippen LogP contribution < -0.4 is 9.62 Å². The Morgan fingerprint density at radius 3 is 2.00 bits per heavy atom. The summed E-state index contributed by atoms with van der Waals surface area (Å²) in [5.41, 5.74) is 3.05. The Morgan fingerprint density at radius 2 is 1.42 bits per heavy atom. The highest BCUT2D eigenvalue weighted by atomic mass is 32.2. The Kier molecular flexibility index (Phi) is 10.5. The van der Waals surface area contributed by atoms with Crippen molar-refractivity contribution in [2.45, 2.75) is 45.7 Å². The fourth-order valence-electron chi connectivity index (χ4n) is 4.35. The fourth-order valence-corrected chi connectivity index (χ4v) is 5.23. The van der Waals surface area contributed by atoms with Gasteiger partial charge in [0.15, 0.2) is 0 Å². The molecule has 3 rings (SSSR count). The number of aryl methyl sites for hydroxylation is 1. The van der Waals surface area contributed by atoms with Crippen LogP contribution >= 0.6 is 0 Å². The first-order valence-electron chi connectivity index (χ1n) is 12.9. The van der Waals surface area contributed by atoms with Gasteiger partial charge in [0.25, 0.3) is 0 Å². The molecule has 3 aromatic carbocycles. The minimum Gasteiger partial charge on any atom is -0.354 e. The quantitative estimate of drug-likeness (QED) is 0.356. The van der Waals surface area contributed by atoms with Gasteiger partial charge in [-0.1, -0.05) is 92.7 Å². The molecule has 0 spiro atoms. The molecule has 0 bridgehead atoms. The van der Waals surface area contributed by atoms with E-state index in [0.29, 0.717) is 25.1 Å². The van der Waals surface area contributed by atoms with Gasteiger partial charge in [0.2, 0.25) is 21.8 Å². The minimum absolute atomic E-state index is 0.170. The molecule has 0 radical (unpaired) electrons. The largest absolute Gasteiger partial charge is 0.354 e. The van der Waals surface area contributed by atoms with Gasteiger partial charge in [0.1, 0.15) is 12.6 Å². The van der Waals surface area contributed by atoms with Crippen molar-refractivity contribution >= 4 is 27.5 Å². The molecule has 8 heteroatoms. The second-order valence-corrected chi connectivity index (χ2v) is 11.2. The summed E-state index contributed by atoms with van der Waals surface area (Å²) in [4.78, 5) is 29.0. The van der Waals surface area contributed by atoms with Crippen LogP contribution in [0, 0.1) is 0 Å². The summed E-state index contributed by atoms with van der Waals surface area (Å²) in [5.74, 6) is -0.711. The lowest BCUT2D eigenvalue weighted by Gasteiger charge is -2.34. The number of rotatable bonds is 13. The predicted octanol–water partition coefficient (Wildman–Crippen LogP) is 4.18. The van der Waals surface area contributed by atoms with E-state index in [1.165, 1.54) is 4.90 Å². The Labute approximate surface area is 226 Å². The minimum atomic E-state index is -3.79. The number of carbonyl (C=O) groups excluding carboxylic acids is 2. The normalized spacial score (nSPS) is 12.0. The summed E-state index contributed by atoms with van der Waals surface area (Å²) in [6, 6.07) is 25.3. The lowest BCUT2D eigenvalue weighted by atomic mass is 10.0. The highest BCUT2D eigenvalue weighted by molar-refractivity contribution is 7.92. The van der Waals surface area contributed by atoms with Crippen molar-refractivity contribution in [3.05, 3.63) is 102 Å². The third-order valence-corrected chi connectivity index (χ3v) is 7.46. The molecule has 2 amide bonds. The number of nitrogens with one attached hydrogen (secondary N) is 1. The molecule has 0 fully saturated rings. The Bertz CT molecular complexity index is 1300. The van der Waals surface area contributed by atoms with Crippen molar-refractivity contribution in [3.63, 3.8) is 0 Å². The summed E-state index contributed by atoms with van der Waals surface area (Å²) in [6.07, 6.45) is 2.77. The van der Waals surface area contributed by atoms with Gasteiger partial charge in [-0.25, -0.2) is 8.42 Å². The van der Waals surface area contributed by atoms with Crippen molar-refractivity contribution < 1.29 is 18.0 Å². The molecule has 0 aliphatic rings. The molecule has 0 saturated heterocycles. The van der Waals surface area contributed by atoms with Gasteiger partial charge >= 0.3 is 0 Å². The third-order valence-electron chi connectivity index (χ3n) is 6.34. The van der Waals surface area contributed by atoms with Gasteiger partial charge in [0, 0.05) is 19.5 Å². The lowest BCUT2D eigenvalue weighted by Crippen LogP contribution is -2.53. The first-order valence-corrected chi connectivity index (χ1v) is 14.8. The van der Waals surface area contributed by atoms with Crippen LogP contribution in [0.15, 0.2) is 84.9 Å². The van der Waals surface area contributed by atoms with E-state index in [1.807, 2.05) is 86.6 Å². The molecule has 0 aromatic heterocycles. The summed E-state index contributed by atoms with van der Waals surface area (Å²) in [5, 5.41) is 2.94. The average molecular weight is 536 g/mol. The molecule has 0 saturated carbocycles. The molecule has 0 heterocycles. The molecule has 1 atom stereocenters. The topological polar surface area (TPSA) is 86.8 Å². The smallest absolute Gasteiger partial charge is 0.244 e. The van der Waals surface area contributed by atoms with Gasteiger partial charge in [-0.15, -0.1) is 0 Å². The second-order valence-electron chi connectivity index (χ2n) is 9.26. The van der Waals surface area contributed by atoms with Crippen LogP contribution in [0.1, 0.15) is 37.0 Å². The monoisotopic (exact) mass is 535 g/mol. The molecule has 1 unspecified atom stereocenters. The number of sulfonamides is 1. The molecule has 38 heavy (non-hydrogen) atoms. The zero-order valence-electron chi connectivity index (χ0n) is 22.3. The van der Waals surface area contributed by atoms with Crippen LogP contribution in [0.25, 0.3) is 0 Å². The third kappa shape index (κ3) is 7.92. The standard InChI is InChI=1S/C30H37N3O4S/c1-4-20-31-30(35)28(21-24-14-8-6-9-15-24)32(22-25-16-10-7-11-17-25)29(34)23-33(38(3,36)37)27-19-13-12-18-26(27)5-2/h6-19,28H,4-5,20-23H2,1-3H3,(H,31,35). The maximum absolute atomic E-state index is 14.0. The van der Waals surface area contributed by atoms with Gasteiger partial charge in [0.05, 0.1) is 11.9 Å². The van der Waals surface area contributed by atoms with Crippen LogP contribution in [0.4, 0.5) is 5.69 Å². The molecular formula is C30H37N3O4S. The highest BCUT2D eigenvalue weighted by Gasteiger charge is 2.33.